The van der Waals surface area contributed by atoms with Crippen molar-refractivity contribution in [2.45, 2.75) is 32.7 Å². The first-order chi connectivity index (χ1) is 11.2. The first-order valence-electron chi connectivity index (χ1n) is 7.87. The molecule has 0 aliphatic carbocycles. The van der Waals surface area contributed by atoms with Crippen LogP contribution < -0.4 is 10.6 Å². The molecular formula is C16H25F2N3O2S. The highest BCUT2D eigenvalue weighted by Gasteiger charge is 2.09. The van der Waals surface area contributed by atoms with Crippen LogP contribution in [0.3, 0.4) is 0 Å². The number of guanidine groups is 1. The molecule has 0 saturated carbocycles. The molecule has 136 valence electrons. The van der Waals surface area contributed by atoms with Gasteiger partial charge < -0.3 is 10.6 Å². The third kappa shape index (κ3) is 8.81. The second-order valence-electron chi connectivity index (χ2n) is 5.75. The van der Waals surface area contributed by atoms with E-state index in [4.69, 9.17) is 0 Å². The van der Waals surface area contributed by atoms with Crippen molar-refractivity contribution >= 4 is 15.8 Å². The lowest BCUT2D eigenvalue weighted by molar-refractivity contribution is 0.578. The Morgan fingerprint density at radius 3 is 2.42 bits per heavy atom. The minimum Gasteiger partial charge on any atom is -0.357 e. The molecule has 24 heavy (non-hydrogen) atoms. The van der Waals surface area contributed by atoms with Gasteiger partial charge in [0.1, 0.15) is 21.5 Å². The molecule has 0 fully saturated rings. The Bertz CT molecular complexity index is 643. The lowest BCUT2D eigenvalue weighted by atomic mass is 10.1. The highest BCUT2D eigenvalue weighted by Crippen LogP contribution is 2.08. The molecule has 8 heteroatoms. The van der Waals surface area contributed by atoms with E-state index in [0.29, 0.717) is 37.5 Å². The molecule has 1 atom stereocenters. The van der Waals surface area contributed by atoms with Crippen LogP contribution >= 0.6 is 0 Å². The third-order valence-corrected chi connectivity index (χ3v) is 4.22. The third-order valence-electron chi connectivity index (χ3n) is 3.24. The lowest BCUT2D eigenvalue weighted by Crippen LogP contribution is -2.43. The van der Waals surface area contributed by atoms with Crippen LogP contribution in [0.1, 0.15) is 25.8 Å². The minimum atomic E-state index is -3.00. The quantitative estimate of drug-likeness (QED) is 0.548. The zero-order valence-electron chi connectivity index (χ0n) is 14.3. The van der Waals surface area contributed by atoms with Crippen molar-refractivity contribution in [3.63, 3.8) is 0 Å². The van der Waals surface area contributed by atoms with Crippen molar-refractivity contribution in [3.8, 4) is 0 Å². The Morgan fingerprint density at radius 1 is 1.25 bits per heavy atom. The summed E-state index contributed by atoms with van der Waals surface area (Å²) in [6, 6.07) is 3.34. The molecule has 0 aliphatic rings. The molecule has 0 radical (unpaired) electrons. The average Bonchev–Trinajstić information content (AvgIpc) is 2.43. The number of halogens is 2. The van der Waals surface area contributed by atoms with E-state index in [9.17, 15) is 17.2 Å². The van der Waals surface area contributed by atoms with Crippen LogP contribution in [0.5, 0.6) is 0 Å². The van der Waals surface area contributed by atoms with Gasteiger partial charge in [-0.3, -0.25) is 4.99 Å². The van der Waals surface area contributed by atoms with Crippen LogP contribution in [0.2, 0.25) is 0 Å². The molecule has 0 aliphatic heterocycles. The van der Waals surface area contributed by atoms with Crippen LogP contribution in [0.15, 0.2) is 23.2 Å². The monoisotopic (exact) mass is 361 g/mol. The molecule has 0 heterocycles. The van der Waals surface area contributed by atoms with Gasteiger partial charge in [-0.1, -0.05) is 0 Å². The summed E-state index contributed by atoms with van der Waals surface area (Å²) in [7, 11) is -3.00. The predicted molar refractivity (Wildman–Crippen MR) is 93.0 cm³/mol. The standard InChI is InChI=1S/C16H25F2N3O2S/c1-4-19-16(21-12(2)6-8-24(3,22)23)20-7-5-13-9-14(17)11-15(18)10-13/h9-12H,4-8H2,1-3H3,(H2,19,20,21). The summed E-state index contributed by atoms with van der Waals surface area (Å²) in [6.45, 7) is 4.80. The van der Waals surface area contributed by atoms with Gasteiger partial charge in [-0.2, -0.15) is 0 Å². The van der Waals surface area contributed by atoms with E-state index in [1.807, 2.05) is 13.8 Å². The normalized spacial score (nSPS) is 13.6. The fourth-order valence-corrected chi connectivity index (χ4v) is 2.85. The van der Waals surface area contributed by atoms with Crippen molar-refractivity contribution in [1.29, 1.82) is 0 Å². The summed E-state index contributed by atoms with van der Waals surface area (Å²) in [5, 5.41) is 6.19. The Morgan fingerprint density at radius 2 is 1.88 bits per heavy atom. The smallest absolute Gasteiger partial charge is 0.191 e. The van der Waals surface area contributed by atoms with E-state index in [1.54, 1.807) is 0 Å². The highest BCUT2D eigenvalue weighted by molar-refractivity contribution is 7.90. The Labute approximate surface area is 142 Å². The zero-order chi connectivity index (χ0) is 18.2. The summed E-state index contributed by atoms with van der Waals surface area (Å²) >= 11 is 0. The number of rotatable bonds is 8. The molecule has 0 amide bonds. The van der Waals surface area contributed by atoms with E-state index in [1.165, 1.54) is 18.4 Å². The molecule has 0 bridgehead atoms. The predicted octanol–water partition coefficient (Wildman–Crippen LogP) is 1.89. The summed E-state index contributed by atoms with van der Waals surface area (Å²) in [5.74, 6) is -0.555. The Hall–Kier alpha value is -1.70. The maximum atomic E-state index is 13.1. The molecule has 0 aromatic heterocycles. The number of nitrogens with one attached hydrogen (secondary N) is 2. The maximum absolute atomic E-state index is 13.1. The molecule has 1 aromatic carbocycles. The van der Waals surface area contributed by atoms with Crippen LogP contribution in [0.25, 0.3) is 0 Å². The van der Waals surface area contributed by atoms with Gasteiger partial charge in [-0.15, -0.1) is 0 Å². The van der Waals surface area contributed by atoms with Gasteiger partial charge in [0.25, 0.3) is 0 Å². The van der Waals surface area contributed by atoms with Gasteiger partial charge >= 0.3 is 0 Å². The van der Waals surface area contributed by atoms with Crippen LogP contribution in [-0.4, -0.2) is 45.5 Å². The fourth-order valence-electron chi connectivity index (χ4n) is 2.07. The van der Waals surface area contributed by atoms with Gasteiger partial charge in [-0.25, -0.2) is 17.2 Å². The maximum Gasteiger partial charge on any atom is 0.191 e. The molecule has 1 aromatic rings. The van der Waals surface area contributed by atoms with Crippen molar-refractivity contribution in [3.05, 3.63) is 35.4 Å². The fraction of sp³-hybridized carbons (Fsp3) is 0.562. The van der Waals surface area contributed by atoms with E-state index >= 15 is 0 Å². The molecule has 1 unspecified atom stereocenters. The van der Waals surface area contributed by atoms with Gasteiger partial charge in [0, 0.05) is 31.5 Å². The lowest BCUT2D eigenvalue weighted by Gasteiger charge is -2.17. The van der Waals surface area contributed by atoms with Crippen molar-refractivity contribution in [2.75, 3.05) is 25.1 Å². The van der Waals surface area contributed by atoms with Gasteiger partial charge in [0.05, 0.1) is 5.75 Å². The SMILES string of the molecule is CCNC(=NCCc1cc(F)cc(F)c1)NC(C)CCS(C)(=O)=O. The molecule has 1 rings (SSSR count). The molecular weight excluding hydrogens is 336 g/mol. The van der Waals surface area contributed by atoms with Crippen LogP contribution in [0.4, 0.5) is 8.78 Å². The summed E-state index contributed by atoms with van der Waals surface area (Å²) in [5.41, 5.74) is 0.539. The van der Waals surface area contributed by atoms with E-state index in [0.717, 1.165) is 6.07 Å². The number of hydrogen-bond donors (Lipinski definition) is 2. The van der Waals surface area contributed by atoms with E-state index in [-0.39, 0.29) is 11.8 Å². The molecule has 5 nitrogen and oxygen atoms in total. The number of sulfone groups is 1. The number of hydrogen-bond acceptors (Lipinski definition) is 3. The number of aliphatic imine (C=N–C) groups is 1. The highest BCUT2D eigenvalue weighted by atomic mass is 32.2. The van der Waals surface area contributed by atoms with Crippen molar-refractivity contribution in [2.24, 2.45) is 4.99 Å². The molecule has 0 spiro atoms. The zero-order valence-corrected chi connectivity index (χ0v) is 15.1. The topological polar surface area (TPSA) is 70.6 Å². The summed E-state index contributed by atoms with van der Waals surface area (Å²) < 4.78 is 48.7. The second kappa shape index (κ2) is 9.56. The van der Waals surface area contributed by atoms with E-state index < -0.39 is 21.5 Å². The Kier molecular flexibility index (Phi) is 8.10. The van der Waals surface area contributed by atoms with Gasteiger partial charge in [0.2, 0.25) is 0 Å². The largest absolute Gasteiger partial charge is 0.357 e. The van der Waals surface area contributed by atoms with Crippen molar-refractivity contribution in [1.82, 2.24) is 10.6 Å². The van der Waals surface area contributed by atoms with Gasteiger partial charge in [0.15, 0.2) is 5.96 Å². The number of benzene rings is 1. The summed E-state index contributed by atoms with van der Waals surface area (Å²) in [6.07, 6.45) is 2.08. The molecule has 0 saturated heterocycles. The van der Waals surface area contributed by atoms with Crippen LogP contribution in [-0.2, 0) is 16.3 Å². The van der Waals surface area contributed by atoms with Crippen LogP contribution in [0, 0.1) is 11.6 Å². The number of nitrogens with zero attached hydrogens (tertiary/aromatic N) is 1. The Balaban J connectivity index is 2.58. The average molecular weight is 361 g/mol. The molecule has 2 N–H and O–H groups in total. The minimum absolute atomic E-state index is 0.0656. The summed E-state index contributed by atoms with van der Waals surface area (Å²) in [4.78, 5) is 4.35. The second-order valence-corrected chi connectivity index (χ2v) is 8.01. The van der Waals surface area contributed by atoms with Gasteiger partial charge in [-0.05, 0) is 44.4 Å². The first-order valence-corrected chi connectivity index (χ1v) is 9.93. The van der Waals surface area contributed by atoms with Crippen molar-refractivity contribution < 1.29 is 17.2 Å². The van der Waals surface area contributed by atoms with E-state index in [2.05, 4.69) is 15.6 Å². The first kappa shape index (κ1) is 20.3.